The summed E-state index contributed by atoms with van der Waals surface area (Å²) in [5.41, 5.74) is 1.91. The molecule has 4 rings (SSSR count). The van der Waals surface area contributed by atoms with Crippen LogP contribution in [0.1, 0.15) is 29.7 Å². The molecule has 0 aliphatic carbocycles. The smallest absolute Gasteiger partial charge is 0.319 e. The lowest BCUT2D eigenvalue weighted by atomic mass is 9.92. The molecule has 30 heavy (non-hydrogen) atoms. The van der Waals surface area contributed by atoms with Gasteiger partial charge in [-0.05, 0) is 30.7 Å². The first-order valence-corrected chi connectivity index (χ1v) is 10.0. The zero-order chi connectivity index (χ0) is 21.1. The average Bonchev–Trinajstić information content (AvgIpc) is 3.00. The number of carbonyl (C=O) groups is 2. The fourth-order valence-electron chi connectivity index (χ4n) is 4.07. The number of rotatable bonds is 6. The van der Waals surface area contributed by atoms with Crippen LogP contribution >= 0.6 is 0 Å². The Labute approximate surface area is 176 Å². The molecule has 0 unspecified atom stereocenters. The van der Waals surface area contributed by atoms with E-state index in [4.69, 9.17) is 0 Å². The number of hydrogen-bond acceptors (Lipinski definition) is 3. The van der Waals surface area contributed by atoms with Gasteiger partial charge in [-0.2, -0.15) is 0 Å². The fourth-order valence-corrected chi connectivity index (χ4v) is 4.07. The van der Waals surface area contributed by atoms with Crippen LogP contribution < -0.4 is 5.32 Å². The SMILES string of the molecule is CN(CN1C(=O)N[C@@](C)(c2ccccc2)C1=O)C(c1ccccc1)c1ccccc1. The molecule has 0 radical (unpaired) electrons. The maximum absolute atomic E-state index is 13.3. The van der Waals surface area contributed by atoms with Crippen molar-refractivity contribution in [2.75, 3.05) is 13.7 Å². The standard InChI is InChI=1S/C25H25N3O2/c1-25(21-16-10-5-11-17-21)23(29)28(24(30)26-25)18-27(2)22(19-12-6-3-7-13-19)20-14-8-4-9-15-20/h3-17,22H,18H2,1-2H3,(H,26,30)/t25-/m0/s1. The van der Waals surface area contributed by atoms with Crippen LogP contribution in [0, 0.1) is 0 Å². The molecule has 1 atom stereocenters. The minimum absolute atomic E-state index is 0.0865. The highest BCUT2D eigenvalue weighted by molar-refractivity contribution is 6.07. The van der Waals surface area contributed by atoms with E-state index in [1.807, 2.05) is 78.7 Å². The topological polar surface area (TPSA) is 52.6 Å². The van der Waals surface area contributed by atoms with Gasteiger partial charge in [0.05, 0.1) is 12.7 Å². The number of amides is 3. The molecule has 5 nitrogen and oxygen atoms in total. The van der Waals surface area contributed by atoms with Crippen molar-refractivity contribution in [1.82, 2.24) is 15.1 Å². The van der Waals surface area contributed by atoms with Gasteiger partial charge in [-0.15, -0.1) is 0 Å². The van der Waals surface area contributed by atoms with E-state index in [2.05, 4.69) is 29.6 Å². The second-order valence-electron chi connectivity index (χ2n) is 7.78. The summed E-state index contributed by atoms with van der Waals surface area (Å²) in [5, 5.41) is 2.88. The quantitative estimate of drug-likeness (QED) is 0.634. The van der Waals surface area contributed by atoms with E-state index in [0.717, 1.165) is 16.7 Å². The number of hydrogen-bond donors (Lipinski definition) is 1. The molecule has 1 aliphatic heterocycles. The van der Waals surface area contributed by atoms with Crippen LogP contribution in [-0.4, -0.2) is 35.5 Å². The number of nitrogens with zero attached hydrogens (tertiary/aromatic N) is 2. The predicted molar refractivity (Wildman–Crippen MR) is 117 cm³/mol. The van der Waals surface area contributed by atoms with E-state index in [-0.39, 0.29) is 24.6 Å². The first kappa shape index (κ1) is 19.9. The second-order valence-corrected chi connectivity index (χ2v) is 7.78. The highest BCUT2D eigenvalue weighted by atomic mass is 16.2. The lowest BCUT2D eigenvalue weighted by molar-refractivity contribution is -0.132. The van der Waals surface area contributed by atoms with E-state index in [1.165, 1.54) is 4.90 Å². The lowest BCUT2D eigenvalue weighted by Crippen LogP contribution is -2.43. The summed E-state index contributed by atoms with van der Waals surface area (Å²) in [6.45, 7) is 1.94. The van der Waals surface area contributed by atoms with Crippen molar-refractivity contribution in [1.29, 1.82) is 0 Å². The van der Waals surface area contributed by atoms with Crippen molar-refractivity contribution < 1.29 is 9.59 Å². The van der Waals surface area contributed by atoms with Gasteiger partial charge < -0.3 is 5.32 Å². The van der Waals surface area contributed by atoms with Gasteiger partial charge in [0.2, 0.25) is 0 Å². The summed E-state index contributed by atoms with van der Waals surface area (Å²) in [6.07, 6.45) is 0. The highest BCUT2D eigenvalue weighted by Gasteiger charge is 2.49. The minimum atomic E-state index is -1.06. The monoisotopic (exact) mass is 399 g/mol. The van der Waals surface area contributed by atoms with Gasteiger partial charge >= 0.3 is 6.03 Å². The van der Waals surface area contributed by atoms with Gasteiger partial charge in [0.15, 0.2) is 0 Å². The average molecular weight is 399 g/mol. The van der Waals surface area contributed by atoms with E-state index in [0.29, 0.717) is 0 Å². The third kappa shape index (κ3) is 3.60. The van der Waals surface area contributed by atoms with Crippen LogP contribution in [0.5, 0.6) is 0 Å². The summed E-state index contributed by atoms with van der Waals surface area (Å²) < 4.78 is 0. The summed E-state index contributed by atoms with van der Waals surface area (Å²) in [4.78, 5) is 29.4. The number of benzene rings is 3. The third-order valence-corrected chi connectivity index (χ3v) is 5.66. The molecule has 3 amide bonds. The molecule has 1 heterocycles. The maximum atomic E-state index is 13.3. The molecule has 0 aromatic heterocycles. The van der Waals surface area contributed by atoms with Gasteiger partial charge in [0.1, 0.15) is 5.54 Å². The third-order valence-electron chi connectivity index (χ3n) is 5.66. The molecular formula is C25H25N3O2. The molecule has 152 valence electrons. The number of nitrogens with one attached hydrogen (secondary N) is 1. The molecule has 1 saturated heterocycles. The molecule has 1 aliphatic rings. The normalized spacial score (nSPS) is 18.9. The molecule has 1 N–H and O–H groups in total. The molecule has 1 fully saturated rings. The van der Waals surface area contributed by atoms with Crippen LogP contribution in [0.3, 0.4) is 0 Å². The molecule has 3 aromatic rings. The Balaban J connectivity index is 1.62. The number of imide groups is 1. The van der Waals surface area contributed by atoms with Crippen molar-refractivity contribution in [3.8, 4) is 0 Å². The van der Waals surface area contributed by atoms with E-state index in [1.54, 1.807) is 6.92 Å². The van der Waals surface area contributed by atoms with Crippen LogP contribution in [0.4, 0.5) is 4.79 Å². The Bertz CT molecular complexity index is 985. The van der Waals surface area contributed by atoms with Crippen molar-refractivity contribution in [2.24, 2.45) is 0 Å². The van der Waals surface area contributed by atoms with Crippen LogP contribution in [0.2, 0.25) is 0 Å². The Morgan fingerprint density at radius 1 is 0.833 bits per heavy atom. The van der Waals surface area contributed by atoms with Crippen molar-refractivity contribution in [3.63, 3.8) is 0 Å². The van der Waals surface area contributed by atoms with Crippen molar-refractivity contribution >= 4 is 11.9 Å². The Hall–Kier alpha value is -3.44. The zero-order valence-corrected chi connectivity index (χ0v) is 17.2. The van der Waals surface area contributed by atoms with Crippen LogP contribution in [0.15, 0.2) is 91.0 Å². The number of carbonyl (C=O) groups excluding carboxylic acids is 2. The molecule has 0 saturated carbocycles. The van der Waals surface area contributed by atoms with Gasteiger partial charge in [-0.25, -0.2) is 9.69 Å². The first-order valence-electron chi connectivity index (χ1n) is 10.0. The summed E-state index contributed by atoms with van der Waals surface area (Å²) >= 11 is 0. The summed E-state index contributed by atoms with van der Waals surface area (Å²) in [7, 11) is 1.93. The Morgan fingerprint density at radius 3 is 1.80 bits per heavy atom. The van der Waals surface area contributed by atoms with Crippen molar-refractivity contribution in [2.45, 2.75) is 18.5 Å². The molecule has 0 bridgehead atoms. The minimum Gasteiger partial charge on any atom is -0.319 e. The molecule has 5 heteroatoms. The molecule has 3 aromatic carbocycles. The van der Waals surface area contributed by atoms with E-state index >= 15 is 0 Å². The lowest BCUT2D eigenvalue weighted by Gasteiger charge is -2.31. The highest BCUT2D eigenvalue weighted by Crippen LogP contribution is 2.31. The predicted octanol–water partition coefficient (Wildman–Crippen LogP) is 4.13. The Kier molecular flexibility index (Phi) is 5.38. The summed E-state index contributed by atoms with van der Waals surface area (Å²) in [5.74, 6) is -0.245. The number of urea groups is 1. The maximum Gasteiger partial charge on any atom is 0.326 e. The van der Waals surface area contributed by atoms with Gasteiger partial charge in [-0.3, -0.25) is 9.69 Å². The van der Waals surface area contributed by atoms with Gasteiger partial charge in [0, 0.05) is 0 Å². The largest absolute Gasteiger partial charge is 0.326 e. The molecule has 0 spiro atoms. The Morgan fingerprint density at radius 2 is 1.30 bits per heavy atom. The first-order chi connectivity index (χ1) is 14.5. The molecular weight excluding hydrogens is 374 g/mol. The summed E-state index contributed by atoms with van der Waals surface area (Å²) in [6, 6.07) is 29.1. The fraction of sp³-hybridized carbons (Fsp3) is 0.200. The van der Waals surface area contributed by atoms with Gasteiger partial charge in [-0.1, -0.05) is 91.0 Å². The van der Waals surface area contributed by atoms with E-state index in [9.17, 15) is 9.59 Å². The van der Waals surface area contributed by atoms with Crippen LogP contribution in [0.25, 0.3) is 0 Å². The van der Waals surface area contributed by atoms with E-state index < -0.39 is 5.54 Å². The van der Waals surface area contributed by atoms with Crippen molar-refractivity contribution in [3.05, 3.63) is 108 Å². The zero-order valence-electron chi connectivity index (χ0n) is 17.2. The van der Waals surface area contributed by atoms with Crippen LogP contribution in [-0.2, 0) is 10.3 Å². The van der Waals surface area contributed by atoms with Gasteiger partial charge in [0.25, 0.3) is 5.91 Å². The second kappa shape index (κ2) is 8.13.